The second-order valence-electron chi connectivity index (χ2n) is 16.1. The van der Waals surface area contributed by atoms with Crippen molar-refractivity contribution in [3.8, 4) is 11.4 Å². The van der Waals surface area contributed by atoms with Crippen LogP contribution in [0.25, 0.3) is 28.2 Å². The minimum atomic E-state index is -0.0893. The summed E-state index contributed by atoms with van der Waals surface area (Å²) < 4.78 is 16.6. The number of fused-ring (bicyclic) bond motifs is 6. The average Bonchev–Trinajstić information content (AvgIpc) is 3.57. The molecule has 0 N–H and O–H groups in total. The van der Waals surface area contributed by atoms with Crippen LogP contribution in [0.4, 0.5) is 0 Å². The smallest absolute Gasteiger partial charge is 0.125 e. The zero-order chi connectivity index (χ0) is 35.8. The number of hydrogen-bond acceptors (Lipinski definition) is 2. The molecule has 11 rings (SSSR count). The van der Waals surface area contributed by atoms with Crippen LogP contribution >= 0.6 is 0 Å². The lowest BCUT2D eigenvalue weighted by Crippen LogP contribution is -2.46. The molecule has 8 unspecified atom stereocenters. The van der Waals surface area contributed by atoms with Crippen LogP contribution in [0.3, 0.4) is 0 Å². The maximum atomic E-state index is 7.06. The number of rotatable bonds is 4. The zero-order valence-corrected chi connectivity index (χ0v) is 30.7. The number of para-hydroxylation sites is 2. The highest BCUT2D eigenvalue weighted by Crippen LogP contribution is 2.59. The summed E-state index contributed by atoms with van der Waals surface area (Å²) in [4.78, 5) is 0. The molecule has 0 spiro atoms. The third-order valence-corrected chi connectivity index (χ3v) is 13.2. The van der Waals surface area contributed by atoms with Crippen LogP contribution in [-0.2, 0) is 11.2 Å². The average molecular weight is 704 g/mol. The Morgan fingerprint density at radius 3 is 2.48 bits per heavy atom. The summed E-state index contributed by atoms with van der Waals surface area (Å²) in [6, 6.07) is 26.8. The summed E-state index contributed by atoms with van der Waals surface area (Å²) in [7, 11) is 0. The summed E-state index contributed by atoms with van der Waals surface area (Å²) in [5.41, 5.74) is 12.2. The molecular weight excluding hydrogens is 659 g/mol. The Balaban J connectivity index is 1.13. The summed E-state index contributed by atoms with van der Waals surface area (Å²) in [5.74, 6) is 3.73. The van der Waals surface area contributed by atoms with Gasteiger partial charge >= 0.3 is 0 Å². The van der Waals surface area contributed by atoms with E-state index in [0.29, 0.717) is 11.8 Å². The first-order chi connectivity index (χ1) is 26.7. The molecule has 0 fully saturated rings. The van der Waals surface area contributed by atoms with E-state index in [1.54, 1.807) is 5.57 Å². The first-order valence-corrected chi connectivity index (χ1v) is 20.0. The van der Waals surface area contributed by atoms with E-state index in [1.165, 1.54) is 55.9 Å². The molecule has 5 aliphatic carbocycles. The van der Waals surface area contributed by atoms with Crippen LogP contribution in [0, 0.1) is 29.6 Å². The minimum absolute atomic E-state index is 0.0129. The van der Waals surface area contributed by atoms with Crippen molar-refractivity contribution in [1.29, 1.82) is 0 Å². The van der Waals surface area contributed by atoms with Crippen LogP contribution in [0.1, 0.15) is 54.5 Å². The van der Waals surface area contributed by atoms with Crippen molar-refractivity contribution in [3.05, 3.63) is 191 Å². The summed E-state index contributed by atoms with van der Waals surface area (Å²) >= 11 is 0. The van der Waals surface area contributed by atoms with E-state index >= 15 is 0 Å². The van der Waals surface area contributed by atoms with Gasteiger partial charge in [-0.25, -0.2) is 0 Å². The molecular formula is C51H45NO2. The standard InChI is InChI=1S/C51H45NO2/c1-32-30-47-41(31-40(32)33-16-4-2-5-17-33)49(38-21-9-12-27-44(38)54-47)51-39-22-10-13-28-45(39)53-46-29-15-24-36(50(46)51)35-23-14-26-43-48(35)37-20-8-11-25-42(37)52(43)34-18-6-3-7-19-34/h2-10,12-16,18-24,26-29,31-33,38,44,46,49-51H,11,17,25,30H2,1H3. The highest BCUT2D eigenvalue weighted by Gasteiger charge is 2.51. The first-order valence-electron chi connectivity index (χ1n) is 20.0. The molecule has 1 aromatic heterocycles. The van der Waals surface area contributed by atoms with Crippen molar-refractivity contribution in [3.63, 3.8) is 0 Å². The number of benzene rings is 3. The van der Waals surface area contributed by atoms with E-state index in [-0.39, 0.29) is 35.9 Å². The Hall–Kier alpha value is -5.54. The molecule has 266 valence electrons. The fourth-order valence-electron chi connectivity index (χ4n) is 10.9. The molecule has 54 heavy (non-hydrogen) atoms. The quantitative estimate of drug-likeness (QED) is 0.211. The predicted molar refractivity (Wildman–Crippen MR) is 220 cm³/mol. The van der Waals surface area contributed by atoms with Crippen LogP contribution in [0.15, 0.2) is 169 Å². The van der Waals surface area contributed by atoms with Gasteiger partial charge in [0.15, 0.2) is 0 Å². The molecule has 2 aliphatic heterocycles. The van der Waals surface area contributed by atoms with Crippen molar-refractivity contribution >= 4 is 22.6 Å². The monoisotopic (exact) mass is 703 g/mol. The van der Waals surface area contributed by atoms with Crippen molar-refractivity contribution < 1.29 is 9.47 Å². The molecule has 3 heterocycles. The van der Waals surface area contributed by atoms with Gasteiger partial charge in [0, 0.05) is 58.3 Å². The molecule has 3 heteroatoms. The Kier molecular flexibility index (Phi) is 7.57. The van der Waals surface area contributed by atoms with Gasteiger partial charge in [-0.1, -0.05) is 134 Å². The van der Waals surface area contributed by atoms with Gasteiger partial charge in [-0.15, -0.1) is 0 Å². The van der Waals surface area contributed by atoms with Gasteiger partial charge < -0.3 is 14.0 Å². The third-order valence-electron chi connectivity index (χ3n) is 13.2. The lowest BCUT2D eigenvalue weighted by molar-refractivity contribution is 0.0402. The molecule has 3 nitrogen and oxygen atoms in total. The molecule has 7 aliphatic rings. The first kappa shape index (κ1) is 31.9. The Morgan fingerprint density at radius 2 is 1.57 bits per heavy atom. The second-order valence-corrected chi connectivity index (χ2v) is 16.1. The highest BCUT2D eigenvalue weighted by molar-refractivity contribution is 6.02. The van der Waals surface area contributed by atoms with E-state index in [1.807, 2.05) is 0 Å². The number of allylic oxidation sites excluding steroid dienone is 13. The van der Waals surface area contributed by atoms with Crippen molar-refractivity contribution in [2.45, 2.75) is 50.7 Å². The van der Waals surface area contributed by atoms with Gasteiger partial charge in [0.05, 0.1) is 5.52 Å². The Bertz CT molecular complexity index is 2460. The third kappa shape index (κ3) is 4.94. The lowest BCUT2D eigenvalue weighted by atomic mass is 9.59. The molecule has 0 bridgehead atoms. The van der Waals surface area contributed by atoms with Gasteiger partial charge in [0.25, 0.3) is 0 Å². The molecule has 4 aromatic rings. The van der Waals surface area contributed by atoms with E-state index in [4.69, 9.17) is 9.47 Å². The van der Waals surface area contributed by atoms with Crippen molar-refractivity contribution in [2.75, 3.05) is 0 Å². The summed E-state index contributed by atoms with van der Waals surface area (Å²) in [6.07, 6.45) is 36.6. The number of aromatic nitrogens is 1. The van der Waals surface area contributed by atoms with Gasteiger partial charge in [0.1, 0.15) is 23.7 Å². The summed E-state index contributed by atoms with van der Waals surface area (Å²) in [5, 5.41) is 1.35. The maximum Gasteiger partial charge on any atom is 0.125 e. The largest absolute Gasteiger partial charge is 0.490 e. The Labute approximate surface area is 318 Å². The van der Waals surface area contributed by atoms with E-state index < -0.39 is 0 Å². The number of nitrogens with zero attached hydrogens (tertiary/aromatic N) is 1. The summed E-state index contributed by atoms with van der Waals surface area (Å²) in [6.45, 7) is 2.40. The van der Waals surface area contributed by atoms with Crippen LogP contribution < -0.4 is 4.74 Å². The minimum Gasteiger partial charge on any atom is -0.490 e. The van der Waals surface area contributed by atoms with Crippen LogP contribution in [0.5, 0.6) is 5.75 Å². The van der Waals surface area contributed by atoms with Crippen LogP contribution in [0.2, 0.25) is 0 Å². The number of ether oxygens (including phenoxy) is 2. The lowest BCUT2D eigenvalue weighted by Gasteiger charge is -2.50. The van der Waals surface area contributed by atoms with Gasteiger partial charge in [-0.05, 0) is 83.9 Å². The predicted octanol–water partition coefficient (Wildman–Crippen LogP) is 11.8. The number of hydrogen-bond donors (Lipinski definition) is 0. The molecule has 0 amide bonds. The highest BCUT2D eigenvalue weighted by atomic mass is 16.5. The van der Waals surface area contributed by atoms with Gasteiger partial charge in [0.2, 0.25) is 0 Å². The van der Waals surface area contributed by atoms with Gasteiger partial charge in [-0.3, -0.25) is 0 Å². The molecule has 0 saturated heterocycles. The molecule has 3 aromatic carbocycles. The van der Waals surface area contributed by atoms with Crippen molar-refractivity contribution in [2.24, 2.45) is 29.6 Å². The fourth-order valence-corrected chi connectivity index (χ4v) is 10.9. The maximum absolute atomic E-state index is 7.06. The normalized spacial score (nSPS) is 30.0. The molecule has 0 radical (unpaired) electrons. The zero-order valence-electron chi connectivity index (χ0n) is 30.7. The molecule has 8 atom stereocenters. The van der Waals surface area contributed by atoms with E-state index in [9.17, 15) is 0 Å². The topological polar surface area (TPSA) is 23.4 Å². The second kappa shape index (κ2) is 12.8. The fraction of sp³-hybridized carbons (Fsp3) is 0.255. The Morgan fingerprint density at radius 1 is 0.722 bits per heavy atom. The SMILES string of the molecule is CC1CC2=C(C=C1C1C=CC=CC1)C(C1c3ccccc3OC3C=CC=C(c4cccc5c4c4c(n5-c5ccccc5)CCC=C4)C31)C1C=CC=CC1O2. The van der Waals surface area contributed by atoms with Crippen molar-refractivity contribution in [1.82, 2.24) is 4.57 Å². The van der Waals surface area contributed by atoms with Gasteiger partial charge in [-0.2, -0.15) is 0 Å². The van der Waals surface area contributed by atoms with E-state index in [2.05, 4.69) is 169 Å². The van der Waals surface area contributed by atoms with Crippen LogP contribution in [-0.4, -0.2) is 16.8 Å². The van der Waals surface area contributed by atoms with E-state index in [0.717, 1.165) is 31.4 Å². The molecule has 0 saturated carbocycles.